The first kappa shape index (κ1) is 15.3. The number of amides is 1. The van der Waals surface area contributed by atoms with Crippen LogP contribution in [0.2, 0.25) is 0 Å². The van der Waals surface area contributed by atoms with Crippen LogP contribution in [-0.2, 0) is 10.4 Å². The van der Waals surface area contributed by atoms with E-state index in [9.17, 15) is 9.90 Å². The first-order chi connectivity index (χ1) is 11.0. The predicted octanol–water partition coefficient (Wildman–Crippen LogP) is 2.94. The number of aliphatic hydroxyl groups is 1. The zero-order valence-corrected chi connectivity index (χ0v) is 12.9. The summed E-state index contributed by atoms with van der Waals surface area (Å²) in [5.74, 6) is -0.967. The number of carbonyl (C=O) groups is 1. The maximum atomic E-state index is 11.8. The van der Waals surface area contributed by atoms with E-state index < -0.39 is 17.4 Å². The minimum atomic E-state index is -1.25. The molecule has 2 aromatic carbocycles. The third-order valence-electron chi connectivity index (χ3n) is 4.25. The highest BCUT2D eigenvalue weighted by atomic mass is 16.3. The van der Waals surface area contributed by atoms with Crippen molar-refractivity contribution in [1.29, 1.82) is 0 Å². The molecule has 2 atom stereocenters. The molecule has 0 radical (unpaired) electrons. The predicted molar refractivity (Wildman–Crippen MR) is 91.3 cm³/mol. The maximum absolute atomic E-state index is 11.8. The molecule has 3 nitrogen and oxygen atoms in total. The monoisotopic (exact) mass is 305 g/mol. The summed E-state index contributed by atoms with van der Waals surface area (Å²) < 4.78 is 0. The first-order valence-corrected chi connectivity index (χ1v) is 7.56. The fourth-order valence-electron chi connectivity index (χ4n) is 3.00. The molecule has 3 N–H and O–H groups in total. The van der Waals surface area contributed by atoms with Gasteiger partial charge in [-0.15, -0.1) is 0 Å². The molecule has 0 heterocycles. The maximum Gasteiger partial charge on any atom is 0.228 e. The highest BCUT2D eigenvalue weighted by Gasteiger charge is 2.32. The molecule has 3 heteroatoms. The van der Waals surface area contributed by atoms with Crippen molar-refractivity contribution in [3.05, 3.63) is 89.5 Å². The number of benzene rings is 2. The van der Waals surface area contributed by atoms with Gasteiger partial charge in [0.1, 0.15) is 5.60 Å². The average molecular weight is 305 g/mol. The van der Waals surface area contributed by atoms with Gasteiger partial charge in [-0.2, -0.15) is 0 Å². The lowest BCUT2D eigenvalue weighted by atomic mass is 9.78. The van der Waals surface area contributed by atoms with Gasteiger partial charge < -0.3 is 10.8 Å². The van der Waals surface area contributed by atoms with E-state index in [2.05, 4.69) is 0 Å². The van der Waals surface area contributed by atoms with E-state index in [1.807, 2.05) is 61.5 Å². The molecule has 2 aromatic rings. The molecular weight excluding hydrogens is 286 g/mol. The number of hydrogen-bond donors (Lipinski definition) is 2. The second kappa shape index (κ2) is 5.86. The second-order valence-corrected chi connectivity index (χ2v) is 5.85. The molecule has 0 aromatic heterocycles. The summed E-state index contributed by atoms with van der Waals surface area (Å²) in [4.78, 5) is 11.8. The zero-order chi connectivity index (χ0) is 16.4. The third-order valence-corrected chi connectivity index (χ3v) is 4.25. The molecule has 3 rings (SSSR count). The quantitative estimate of drug-likeness (QED) is 0.856. The van der Waals surface area contributed by atoms with Gasteiger partial charge in [0.2, 0.25) is 5.91 Å². The lowest BCUT2D eigenvalue weighted by molar-refractivity contribution is -0.119. The van der Waals surface area contributed by atoms with E-state index in [0.29, 0.717) is 0 Å². The molecule has 1 amide bonds. The number of aryl methyl sites for hydroxylation is 1. The summed E-state index contributed by atoms with van der Waals surface area (Å²) in [5.41, 5.74) is 7.77. The van der Waals surface area contributed by atoms with Crippen LogP contribution >= 0.6 is 0 Å². The van der Waals surface area contributed by atoms with Crippen LogP contribution in [0, 0.1) is 12.8 Å². The standard InChI is InChI=1S/C20H19NO2/c1-14-7-5-6-10-16(14)18-13-20(23,12-11-17(18)19(21)22)15-8-3-2-4-9-15/h2-13,17,23H,1H3,(H2,21,22). The van der Waals surface area contributed by atoms with E-state index >= 15 is 0 Å². The summed E-state index contributed by atoms with van der Waals surface area (Å²) in [5, 5.41) is 11.0. The van der Waals surface area contributed by atoms with Crippen molar-refractivity contribution in [2.24, 2.45) is 11.7 Å². The summed E-state index contributed by atoms with van der Waals surface area (Å²) in [6, 6.07) is 17.2. The van der Waals surface area contributed by atoms with E-state index in [0.717, 1.165) is 22.3 Å². The molecular formula is C20H19NO2. The van der Waals surface area contributed by atoms with E-state index in [-0.39, 0.29) is 0 Å². The van der Waals surface area contributed by atoms with Crippen molar-refractivity contribution in [2.45, 2.75) is 12.5 Å². The Morgan fingerprint density at radius 3 is 2.39 bits per heavy atom. The van der Waals surface area contributed by atoms with Crippen LogP contribution in [0.4, 0.5) is 0 Å². The van der Waals surface area contributed by atoms with Crippen molar-refractivity contribution in [1.82, 2.24) is 0 Å². The molecule has 23 heavy (non-hydrogen) atoms. The minimum Gasteiger partial charge on any atom is -0.377 e. The van der Waals surface area contributed by atoms with Crippen molar-refractivity contribution in [3.63, 3.8) is 0 Å². The van der Waals surface area contributed by atoms with Crippen LogP contribution in [0.3, 0.4) is 0 Å². The Kier molecular flexibility index (Phi) is 3.89. The van der Waals surface area contributed by atoms with Crippen molar-refractivity contribution in [3.8, 4) is 0 Å². The highest BCUT2D eigenvalue weighted by Crippen LogP contribution is 2.38. The summed E-state index contributed by atoms with van der Waals surface area (Å²) in [6.45, 7) is 1.98. The molecule has 1 aliphatic rings. The van der Waals surface area contributed by atoms with Crippen LogP contribution in [0.1, 0.15) is 16.7 Å². The molecule has 116 valence electrons. The van der Waals surface area contributed by atoms with Gasteiger partial charge in [-0.05, 0) is 41.3 Å². The van der Waals surface area contributed by atoms with Gasteiger partial charge in [-0.1, -0.05) is 60.7 Å². The van der Waals surface area contributed by atoms with Gasteiger partial charge in [0, 0.05) is 0 Å². The Bertz CT molecular complexity index is 792. The fourth-order valence-corrected chi connectivity index (χ4v) is 3.00. The van der Waals surface area contributed by atoms with E-state index in [4.69, 9.17) is 5.73 Å². The topological polar surface area (TPSA) is 63.3 Å². The van der Waals surface area contributed by atoms with Crippen molar-refractivity contribution < 1.29 is 9.90 Å². The van der Waals surface area contributed by atoms with Crippen LogP contribution in [0.5, 0.6) is 0 Å². The summed E-state index contributed by atoms with van der Waals surface area (Å²) >= 11 is 0. The molecule has 2 unspecified atom stereocenters. The largest absolute Gasteiger partial charge is 0.377 e. The Balaban J connectivity index is 2.15. The number of hydrogen-bond acceptors (Lipinski definition) is 2. The third kappa shape index (κ3) is 2.83. The van der Waals surface area contributed by atoms with Crippen LogP contribution < -0.4 is 5.73 Å². The van der Waals surface area contributed by atoms with E-state index in [1.165, 1.54) is 0 Å². The zero-order valence-electron chi connectivity index (χ0n) is 12.9. The average Bonchev–Trinajstić information content (AvgIpc) is 2.56. The Morgan fingerprint density at radius 2 is 1.74 bits per heavy atom. The second-order valence-electron chi connectivity index (χ2n) is 5.85. The number of primary amides is 1. The fraction of sp³-hybridized carbons (Fsp3) is 0.150. The molecule has 0 saturated carbocycles. The number of nitrogens with two attached hydrogens (primary N) is 1. The number of carbonyl (C=O) groups excluding carboxylic acids is 1. The van der Waals surface area contributed by atoms with Gasteiger partial charge in [-0.25, -0.2) is 0 Å². The molecule has 0 bridgehead atoms. The normalized spacial score (nSPS) is 23.4. The van der Waals surface area contributed by atoms with Gasteiger partial charge in [-0.3, -0.25) is 4.79 Å². The lowest BCUT2D eigenvalue weighted by Crippen LogP contribution is -2.30. The van der Waals surface area contributed by atoms with E-state index in [1.54, 1.807) is 18.2 Å². The Hall–Kier alpha value is -2.65. The molecule has 0 fully saturated rings. The molecule has 1 aliphatic carbocycles. The molecule has 0 saturated heterocycles. The smallest absolute Gasteiger partial charge is 0.228 e. The van der Waals surface area contributed by atoms with Crippen LogP contribution in [-0.4, -0.2) is 11.0 Å². The Labute approximate surface area is 135 Å². The molecule has 0 aliphatic heterocycles. The first-order valence-electron chi connectivity index (χ1n) is 7.56. The summed E-state index contributed by atoms with van der Waals surface area (Å²) in [7, 11) is 0. The van der Waals surface area contributed by atoms with Gasteiger partial charge >= 0.3 is 0 Å². The minimum absolute atomic E-state index is 0.425. The lowest BCUT2D eigenvalue weighted by Gasteiger charge is -2.30. The number of rotatable bonds is 3. The highest BCUT2D eigenvalue weighted by molar-refractivity contribution is 5.94. The van der Waals surface area contributed by atoms with Crippen LogP contribution in [0.25, 0.3) is 5.57 Å². The Morgan fingerprint density at radius 1 is 1.09 bits per heavy atom. The van der Waals surface area contributed by atoms with Gasteiger partial charge in [0.25, 0.3) is 0 Å². The van der Waals surface area contributed by atoms with Crippen molar-refractivity contribution in [2.75, 3.05) is 0 Å². The molecule has 0 spiro atoms. The summed E-state index contributed by atoms with van der Waals surface area (Å²) in [6.07, 6.45) is 5.07. The van der Waals surface area contributed by atoms with Crippen molar-refractivity contribution >= 4 is 11.5 Å². The van der Waals surface area contributed by atoms with Gasteiger partial charge in [0.15, 0.2) is 0 Å². The SMILES string of the molecule is Cc1ccccc1C1=CC(O)(c2ccccc2)C=CC1C(N)=O. The van der Waals surface area contributed by atoms with Gasteiger partial charge in [0.05, 0.1) is 5.92 Å². The van der Waals surface area contributed by atoms with Crippen LogP contribution in [0.15, 0.2) is 72.8 Å².